The third kappa shape index (κ3) is 4.35. The van der Waals surface area contributed by atoms with Crippen LogP contribution < -0.4 is 15.8 Å². The van der Waals surface area contributed by atoms with Crippen LogP contribution in [0.1, 0.15) is 5.56 Å². The van der Waals surface area contributed by atoms with Crippen molar-refractivity contribution in [3.05, 3.63) is 66.4 Å². The van der Waals surface area contributed by atoms with E-state index in [0.717, 1.165) is 27.9 Å². The average molecular weight is 434 g/mol. The molecule has 0 spiro atoms. The summed E-state index contributed by atoms with van der Waals surface area (Å²) in [5, 5.41) is 4.16. The van der Waals surface area contributed by atoms with Crippen LogP contribution in [-0.2, 0) is 6.54 Å². The van der Waals surface area contributed by atoms with Gasteiger partial charge >= 0.3 is 0 Å². The first-order valence-electron chi connectivity index (χ1n) is 7.30. The molecule has 0 unspecified atom stereocenters. The van der Waals surface area contributed by atoms with Crippen molar-refractivity contribution in [2.75, 3.05) is 12.4 Å². The molecule has 5 nitrogen and oxygen atoms in total. The van der Waals surface area contributed by atoms with Gasteiger partial charge in [-0.15, -0.1) is 24.0 Å². The van der Waals surface area contributed by atoms with E-state index in [9.17, 15) is 0 Å². The number of methoxy groups -OCH3 is 1. The molecule has 0 aliphatic heterocycles. The van der Waals surface area contributed by atoms with Gasteiger partial charge in [-0.1, -0.05) is 30.3 Å². The van der Waals surface area contributed by atoms with Gasteiger partial charge in [-0.3, -0.25) is 4.98 Å². The molecular weight excluding hydrogens is 415 g/mol. The molecule has 6 heteroatoms. The van der Waals surface area contributed by atoms with E-state index in [1.807, 2.05) is 54.6 Å². The maximum atomic E-state index is 5.97. The van der Waals surface area contributed by atoms with Crippen molar-refractivity contribution < 1.29 is 4.74 Å². The van der Waals surface area contributed by atoms with Gasteiger partial charge in [0.2, 0.25) is 0 Å². The number of hydrogen-bond donors (Lipinski definition) is 2. The normalized spacial score (nSPS) is 11.0. The summed E-state index contributed by atoms with van der Waals surface area (Å²) in [6.45, 7) is 0.469. The van der Waals surface area contributed by atoms with E-state index < -0.39 is 0 Å². The molecule has 0 bridgehead atoms. The number of fused-ring (bicyclic) bond motifs is 1. The number of aromatic nitrogens is 1. The molecule has 1 aromatic heterocycles. The molecule has 1 heterocycles. The minimum Gasteiger partial charge on any atom is -0.497 e. The van der Waals surface area contributed by atoms with E-state index in [4.69, 9.17) is 10.5 Å². The minimum absolute atomic E-state index is 0. The standard InChI is InChI=1S/C18H18N4O.HI/c1-23-16-9-3-8-15(11-16)22-18(19)21-12-14-6-2-5-13-7-4-10-20-17(13)14;/h2-11H,12H2,1H3,(H3,19,21,22);1H. The predicted molar refractivity (Wildman–Crippen MR) is 109 cm³/mol. The van der Waals surface area contributed by atoms with Crippen molar-refractivity contribution in [1.82, 2.24) is 4.98 Å². The summed E-state index contributed by atoms with van der Waals surface area (Å²) in [5.41, 5.74) is 8.79. The van der Waals surface area contributed by atoms with Crippen molar-refractivity contribution in [3.8, 4) is 5.75 Å². The Kier molecular flexibility index (Phi) is 6.36. The third-order valence-electron chi connectivity index (χ3n) is 3.48. The largest absolute Gasteiger partial charge is 0.497 e. The number of aliphatic imine (C=N–C) groups is 1. The Hall–Kier alpha value is -2.35. The number of nitrogens with one attached hydrogen (secondary N) is 1. The molecule has 0 fully saturated rings. The van der Waals surface area contributed by atoms with Crippen LogP contribution in [-0.4, -0.2) is 18.1 Å². The zero-order valence-electron chi connectivity index (χ0n) is 13.3. The smallest absolute Gasteiger partial charge is 0.193 e. The molecule has 24 heavy (non-hydrogen) atoms. The van der Waals surface area contributed by atoms with Crippen molar-refractivity contribution >= 4 is 46.5 Å². The molecule has 3 N–H and O–H groups in total. The molecule has 0 radical (unpaired) electrons. The minimum atomic E-state index is 0. The van der Waals surface area contributed by atoms with Gasteiger partial charge in [0.15, 0.2) is 5.96 Å². The molecule has 3 rings (SSSR count). The number of guanidine groups is 1. The fraction of sp³-hybridized carbons (Fsp3) is 0.111. The lowest BCUT2D eigenvalue weighted by Gasteiger charge is -2.08. The summed E-state index contributed by atoms with van der Waals surface area (Å²) < 4.78 is 5.18. The summed E-state index contributed by atoms with van der Waals surface area (Å²) in [4.78, 5) is 8.82. The van der Waals surface area contributed by atoms with Gasteiger partial charge in [0.1, 0.15) is 5.75 Å². The number of hydrogen-bond acceptors (Lipinski definition) is 3. The number of para-hydroxylation sites is 1. The summed E-state index contributed by atoms with van der Waals surface area (Å²) >= 11 is 0. The molecule has 2 aromatic carbocycles. The zero-order chi connectivity index (χ0) is 16.1. The first kappa shape index (κ1) is 18.0. The van der Waals surface area contributed by atoms with Gasteiger partial charge in [-0.05, 0) is 23.8 Å². The molecule has 124 valence electrons. The van der Waals surface area contributed by atoms with Crippen LogP contribution in [0, 0.1) is 0 Å². The van der Waals surface area contributed by atoms with Gasteiger partial charge < -0.3 is 15.8 Å². The number of pyridine rings is 1. The molecule has 0 aliphatic rings. The summed E-state index contributed by atoms with van der Waals surface area (Å²) in [6.07, 6.45) is 1.79. The molecule has 0 saturated heterocycles. The van der Waals surface area contributed by atoms with Gasteiger partial charge in [-0.25, -0.2) is 4.99 Å². The van der Waals surface area contributed by atoms with Crippen molar-refractivity contribution in [1.29, 1.82) is 0 Å². The maximum absolute atomic E-state index is 5.97. The Morgan fingerprint density at radius 1 is 1.17 bits per heavy atom. The SMILES string of the molecule is COc1cccc(NC(N)=NCc2cccc3cccnc23)c1.I. The number of anilines is 1. The second-order valence-electron chi connectivity index (χ2n) is 5.05. The van der Waals surface area contributed by atoms with Gasteiger partial charge in [0.05, 0.1) is 19.2 Å². The fourth-order valence-corrected chi connectivity index (χ4v) is 2.35. The number of ether oxygens (including phenoxy) is 1. The highest BCUT2D eigenvalue weighted by atomic mass is 127. The van der Waals surface area contributed by atoms with Crippen LogP contribution in [0.3, 0.4) is 0 Å². The van der Waals surface area contributed by atoms with E-state index in [0.29, 0.717) is 12.5 Å². The molecule has 0 amide bonds. The number of rotatable bonds is 4. The van der Waals surface area contributed by atoms with Gasteiger partial charge in [0.25, 0.3) is 0 Å². The quantitative estimate of drug-likeness (QED) is 0.373. The lowest BCUT2D eigenvalue weighted by atomic mass is 10.1. The Balaban J connectivity index is 0.00000208. The third-order valence-corrected chi connectivity index (χ3v) is 3.48. The van der Waals surface area contributed by atoms with Crippen LogP contribution in [0.2, 0.25) is 0 Å². The highest BCUT2D eigenvalue weighted by Crippen LogP contribution is 2.18. The van der Waals surface area contributed by atoms with E-state index in [1.165, 1.54) is 0 Å². The Morgan fingerprint density at radius 2 is 1.96 bits per heavy atom. The fourth-order valence-electron chi connectivity index (χ4n) is 2.35. The summed E-state index contributed by atoms with van der Waals surface area (Å²) in [7, 11) is 1.63. The van der Waals surface area contributed by atoms with Crippen LogP contribution in [0.25, 0.3) is 10.9 Å². The topological polar surface area (TPSA) is 72.5 Å². The van der Waals surface area contributed by atoms with Crippen molar-refractivity contribution in [2.24, 2.45) is 10.7 Å². The number of nitrogens with zero attached hydrogens (tertiary/aromatic N) is 2. The van der Waals surface area contributed by atoms with Gasteiger partial charge in [0, 0.05) is 23.3 Å². The Bertz CT molecular complexity index is 846. The van der Waals surface area contributed by atoms with Crippen molar-refractivity contribution in [2.45, 2.75) is 6.54 Å². The number of benzene rings is 2. The van der Waals surface area contributed by atoms with Crippen LogP contribution >= 0.6 is 24.0 Å². The molecule has 3 aromatic rings. The molecular formula is C18H19IN4O. The molecule has 0 aliphatic carbocycles. The van der Waals surface area contributed by atoms with Crippen LogP contribution in [0.4, 0.5) is 5.69 Å². The van der Waals surface area contributed by atoms with Crippen LogP contribution in [0.15, 0.2) is 65.8 Å². The average Bonchev–Trinajstić information content (AvgIpc) is 2.60. The van der Waals surface area contributed by atoms with E-state index in [2.05, 4.69) is 15.3 Å². The summed E-state index contributed by atoms with van der Waals surface area (Å²) in [6, 6.07) is 17.5. The number of halogens is 1. The highest BCUT2D eigenvalue weighted by molar-refractivity contribution is 14.0. The Morgan fingerprint density at radius 3 is 2.79 bits per heavy atom. The van der Waals surface area contributed by atoms with E-state index in [1.54, 1.807) is 13.3 Å². The van der Waals surface area contributed by atoms with E-state index >= 15 is 0 Å². The zero-order valence-corrected chi connectivity index (χ0v) is 15.6. The van der Waals surface area contributed by atoms with Crippen molar-refractivity contribution in [3.63, 3.8) is 0 Å². The predicted octanol–water partition coefficient (Wildman–Crippen LogP) is 3.79. The summed E-state index contributed by atoms with van der Waals surface area (Å²) in [5.74, 6) is 1.12. The maximum Gasteiger partial charge on any atom is 0.193 e. The lowest BCUT2D eigenvalue weighted by Crippen LogP contribution is -2.22. The molecule has 0 atom stereocenters. The highest BCUT2D eigenvalue weighted by Gasteiger charge is 2.02. The van der Waals surface area contributed by atoms with Gasteiger partial charge in [-0.2, -0.15) is 0 Å². The monoisotopic (exact) mass is 434 g/mol. The molecule has 0 saturated carbocycles. The first-order chi connectivity index (χ1) is 11.3. The van der Waals surface area contributed by atoms with Crippen LogP contribution in [0.5, 0.6) is 5.75 Å². The van der Waals surface area contributed by atoms with E-state index in [-0.39, 0.29) is 24.0 Å². The second kappa shape index (κ2) is 8.49. The second-order valence-corrected chi connectivity index (χ2v) is 5.05. The number of nitrogens with two attached hydrogens (primary N) is 1. The lowest BCUT2D eigenvalue weighted by molar-refractivity contribution is 0.415. The Labute approximate surface area is 158 Å². The first-order valence-corrected chi connectivity index (χ1v) is 7.30.